The van der Waals surface area contributed by atoms with E-state index in [9.17, 15) is 0 Å². The zero-order chi connectivity index (χ0) is 15.6. The number of hydrogen-bond acceptors (Lipinski definition) is 0. The average molecular weight is 398 g/mol. The number of terminal acetylenes is 1. The minimum atomic E-state index is 0.555. The van der Waals surface area contributed by atoms with Gasteiger partial charge in [0.15, 0.2) is 0 Å². The lowest BCUT2D eigenvalue weighted by atomic mass is 10.1. The number of quaternary nitrogens is 1. The second kappa shape index (κ2) is 10.2. The summed E-state index contributed by atoms with van der Waals surface area (Å²) >= 11 is 2.64. The van der Waals surface area contributed by atoms with Gasteiger partial charge in [-0.1, -0.05) is 57.0 Å². The molecular weight excluding hydrogens is 369 g/mol. The monoisotopic (exact) mass is 398 g/mol. The largest absolute Gasteiger partial charge is 0.303 e. The van der Waals surface area contributed by atoms with Crippen LogP contribution in [0.4, 0.5) is 0 Å². The second-order valence-electron chi connectivity index (χ2n) is 5.86. The Balaban J connectivity index is 2.87. The molecular formula is C19H29IN+. The molecule has 0 amide bonds. The van der Waals surface area contributed by atoms with Gasteiger partial charge in [0.2, 0.25) is 0 Å². The van der Waals surface area contributed by atoms with Crippen molar-refractivity contribution in [3.63, 3.8) is 0 Å². The summed E-state index contributed by atoms with van der Waals surface area (Å²) in [6, 6.07) is 10.8. The van der Waals surface area contributed by atoms with E-state index in [1.807, 2.05) is 0 Å². The van der Waals surface area contributed by atoms with Crippen molar-refractivity contribution in [2.75, 3.05) is 19.6 Å². The Labute approximate surface area is 144 Å². The van der Waals surface area contributed by atoms with Crippen LogP contribution in [0.5, 0.6) is 0 Å². The Bertz CT molecular complexity index is 413. The van der Waals surface area contributed by atoms with Crippen molar-refractivity contribution in [2.45, 2.75) is 50.0 Å². The van der Waals surface area contributed by atoms with E-state index in [0.29, 0.717) is 4.05 Å². The van der Waals surface area contributed by atoms with E-state index in [1.165, 1.54) is 44.3 Å². The topological polar surface area (TPSA) is 0 Å². The molecule has 0 aliphatic carbocycles. The quantitative estimate of drug-likeness (QED) is 0.170. The van der Waals surface area contributed by atoms with Crippen molar-refractivity contribution in [3.8, 4) is 12.3 Å². The Morgan fingerprint density at radius 2 is 1.67 bits per heavy atom. The molecule has 1 aromatic carbocycles. The Morgan fingerprint density at radius 1 is 1.10 bits per heavy atom. The van der Waals surface area contributed by atoms with Crippen molar-refractivity contribution < 1.29 is 4.48 Å². The molecule has 21 heavy (non-hydrogen) atoms. The Hall–Kier alpha value is -0.530. The van der Waals surface area contributed by atoms with Crippen molar-refractivity contribution in [1.29, 1.82) is 0 Å². The second-order valence-corrected chi connectivity index (χ2v) is 7.30. The normalized spacial score (nSPS) is 12.9. The van der Waals surface area contributed by atoms with Crippen LogP contribution in [0.2, 0.25) is 0 Å². The molecule has 1 rings (SSSR count). The number of rotatable bonds is 10. The van der Waals surface area contributed by atoms with E-state index in [4.69, 9.17) is 6.42 Å². The van der Waals surface area contributed by atoms with Crippen molar-refractivity contribution in [2.24, 2.45) is 0 Å². The highest BCUT2D eigenvalue weighted by molar-refractivity contribution is 14.1. The molecule has 0 aromatic heterocycles. The summed E-state index contributed by atoms with van der Waals surface area (Å²) in [5, 5.41) is 0. The molecule has 0 aliphatic rings. The van der Waals surface area contributed by atoms with Gasteiger partial charge in [0, 0.05) is 6.42 Å². The lowest BCUT2D eigenvalue weighted by Crippen LogP contribution is -2.55. The summed E-state index contributed by atoms with van der Waals surface area (Å²) in [7, 11) is 0. The minimum absolute atomic E-state index is 0.555. The molecule has 1 atom stereocenters. The van der Waals surface area contributed by atoms with Crippen molar-refractivity contribution in [3.05, 3.63) is 35.9 Å². The number of halogens is 1. The van der Waals surface area contributed by atoms with Gasteiger partial charge >= 0.3 is 0 Å². The van der Waals surface area contributed by atoms with Crippen LogP contribution < -0.4 is 0 Å². The van der Waals surface area contributed by atoms with E-state index >= 15 is 0 Å². The van der Waals surface area contributed by atoms with Gasteiger partial charge in [0.25, 0.3) is 0 Å². The molecule has 0 radical (unpaired) electrons. The predicted octanol–water partition coefficient (Wildman–Crippen LogP) is 5.04. The lowest BCUT2D eigenvalue weighted by molar-refractivity contribution is -0.927. The lowest BCUT2D eigenvalue weighted by Gasteiger charge is -2.41. The molecule has 1 nitrogen and oxygen atoms in total. The van der Waals surface area contributed by atoms with E-state index in [2.05, 4.69) is 72.7 Å². The Morgan fingerprint density at radius 3 is 2.14 bits per heavy atom. The fraction of sp³-hybridized carbons (Fsp3) is 0.579. The van der Waals surface area contributed by atoms with Gasteiger partial charge in [-0.15, -0.1) is 6.42 Å². The first kappa shape index (κ1) is 18.5. The van der Waals surface area contributed by atoms with E-state index in [1.54, 1.807) is 0 Å². The molecule has 1 unspecified atom stereocenters. The summed E-state index contributed by atoms with van der Waals surface area (Å²) in [5.74, 6) is 2.96. The van der Waals surface area contributed by atoms with Crippen LogP contribution in [0.3, 0.4) is 0 Å². The van der Waals surface area contributed by atoms with Gasteiger partial charge in [0.05, 0.1) is 13.1 Å². The number of hydrogen-bond donors (Lipinski definition) is 0. The maximum Gasteiger partial charge on any atom is 0.144 e. The Kier molecular flexibility index (Phi) is 9.03. The van der Waals surface area contributed by atoms with Crippen molar-refractivity contribution in [1.82, 2.24) is 0 Å². The maximum absolute atomic E-state index is 5.72. The van der Waals surface area contributed by atoms with Crippen LogP contribution in [-0.2, 0) is 6.42 Å². The number of benzene rings is 1. The molecule has 0 aliphatic heterocycles. The van der Waals surface area contributed by atoms with Crippen molar-refractivity contribution >= 4 is 22.6 Å². The van der Waals surface area contributed by atoms with Crippen LogP contribution in [0, 0.1) is 12.3 Å². The number of unbranched alkanes of at least 4 members (excludes halogenated alkanes) is 2. The summed E-state index contributed by atoms with van der Waals surface area (Å²) in [5.41, 5.74) is 1.42. The van der Waals surface area contributed by atoms with Crippen LogP contribution >= 0.6 is 22.6 Å². The first-order valence-corrected chi connectivity index (χ1v) is 9.40. The summed E-state index contributed by atoms with van der Waals surface area (Å²) in [6.07, 6.45) is 11.8. The number of nitrogens with zero attached hydrogens (tertiary/aromatic N) is 1. The smallest absolute Gasteiger partial charge is 0.144 e. The van der Waals surface area contributed by atoms with E-state index < -0.39 is 0 Å². The summed E-state index contributed by atoms with van der Waals surface area (Å²) in [4.78, 5) is 0. The van der Waals surface area contributed by atoms with Gasteiger partial charge in [-0.2, -0.15) is 0 Å². The highest BCUT2D eigenvalue weighted by atomic mass is 127. The van der Waals surface area contributed by atoms with Gasteiger partial charge in [0.1, 0.15) is 10.6 Å². The van der Waals surface area contributed by atoms with Gasteiger partial charge in [-0.05, 0) is 46.9 Å². The van der Waals surface area contributed by atoms with Crippen LogP contribution in [-0.4, -0.2) is 28.2 Å². The zero-order valence-corrected chi connectivity index (χ0v) is 15.7. The molecule has 0 bridgehead atoms. The summed E-state index contributed by atoms with van der Waals surface area (Å²) in [6.45, 7) is 7.82. The average Bonchev–Trinajstić information content (AvgIpc) is 2.51. The SMILES string of the molecule is C#CC[N+](CCCC)(CCCC)C(I)Cc1ccccc1. The number of alkyl halides is 1. The first-order chi connectivity index (χ1) is 10.2. The van der Waals surface area contributed by atoms with Gasteiger partial charge in [-0.25, -0.2) is 0 Å². The predicted molar refractivity (Wildman–Crippen MR) is 101 cm³/mol. The molecule has 0 fully saturated rings. The molecule has 0 N–H and O–H groups in total. The molecule has 0 spiro atoms. The van der Waals surface area contributed by atoms with E-state index in [-0.39, 0.29) is 0 Å². The van der Waals surface area contributed by atoms with Crippen LogP contribution in [0.25, 0.3) is 0 Å². The maximum atomic E-state index is 5.72. The standard InChI is InChI=1S/C19H29IN/c1-4-7-15-21(14-6-3,16-8-5-2)19(20)17-18-12-10-9-11-13-18/h3,9-13,19H,4-5,7-8,14-17H2,1-2H3/q+1. The molecule has 1 aromatic rings. The van der Waals surface area contributed by atoms with E-state index in [0.717, 1.165) is 17.4 Å². The molecule has 0 saturated carbocycles. The van der Waals surface area contributed by atoms with Gasteiger partial charge < -0.3 is 4.48 Å². The molecule has 2 heteroatoms. The minimum Gasteiger partial charge on any atom is -0.303 e. The molecule has 116 valence electrons. The third-order valence-electron chi connectivity index (χ3n) is 4.16. The fourth-order valence-corrected chi connectivity index (χ4v) is 4.04. The van der Waals surface area contributed by atoms with Crippen LogP contribution in [0.1, 0.15) is 45.1 Å². The first-order valence-electron chi connectivity index (χ1n) is 8.15. The fourth-order valence-electron chi connectivity index (χ4n) is 2.78. The van der Waals surface area contributed by atoms with Crippen LogP contribution in [0.15, 0.2) is 30.3 Å². The highest BCUT2D eigenvalue weighted by Crippen LogP contribution is 2.25. The molecule has 0 saturated heterocycles. The zero-order valence-electron chi connectivity index (χ0n) is 13.5. The highest BCUT2D eigenvalue weighted by Gasteiger charge is 2.33. The van der Waals surface area contributed by atoms with Gasteiger partial charge in [-0.3, -0.25) is 0 Å². The third kappa shape index (κ3) is 6.00. The third-order valence-corrected chi connectivity index (χ3v) is 5.78. The summed E-state index contributed by atoms with van der Waals surface area (Å²) < 4.78 is 1.63. The molecule has 0 heterocycles.